The summed E-state index contributed by atoms with van der Waals surface area (Å²) in [5, 5.41) is 21.8. The molecule has 0 spiro atoms. The number of phenols is 1. The third-order valence-corrected chi connectivity index (χ3v) is 2.99. The predicted octanol–water partition coefficient (Wildman–Crippen LogP) is 3.39. The molecule has 5 nitrogen and oxygen atoms in total. The maximum atomic E-state index is 10.3. The molecular weight excluding hydrogens is 327 g/mol. The van der Waals surface area contributed by atoms with Gasteiger partial charge in [0.25, 0.3) is 0 Å². The number of carboxylic acid groups (broad SMARTS) is 1. The summed E-state index contributed by atoms with van der Waals surface area (Å²) < 4.78 is 0. The minimum absolute atomic E-state index is 0.140. The second kappa shape index (κ2) is 8.48. The van der Waals surface area contributed by atoms with E-state index < -0.39 is 5.97 Å². The second-order valence-electron chi connectivity index (χ2n) is 4.39. The van der Waals surface area contributed by atoms with Crippen molar-refractivity contribution in [1.29, 1.82) is 0 Å². The lowest BCUT2D eigenvalue weighted by atomic mass is 10.2. The number of aromatic carboxylic acids is 1. The van der Waals surface area contributed by atoms with E-state index in [2.05, 4.69) is 5.32 Å². The first-order valence-electron chi connectivity index (χ1n) is 6.25. The van der Waals surface area contributed by atoms with E-state index in [1.54, 1.807) is 6.07 Å². The zero-order valence-corrected chi connectivity index (χ0v) is 13.3. The van der Waals surface area contributed by atoms with Crippen molar-refractivity contribution in [2.75, 3.05) is 12.8 Å². The standard InChI is InChI=1S/C8H9Cl2N.C7H7NO3/c1-11-5-6-2-7(9)4-8(10)3-6;8-4-1-2-5(7(10)11)6(9)3-4/h2-4,11H,5H2,1H3;1-3,9H,8H2,(H,10,11). The van der Waals surface area contributed by atoms with E-state index in [-0.39, 0.29) is 11.3 Å². The highest BCUT2D eigenvalue weighted by Gasteiger charge is 2.07. The van der Waals surface area contributed by atoms with Gasteiger partial charge in [0.1, 0.15) is 11.3 Å². The van der Waals surface area contributed by atoms with Gasteiger partial charge >= 0.3 is 5.97 Å². The van der Waals surface area contributed by atoms with Crippen LogP contribution in [0, 0.1) is 0 Å². The van der Waals surface area contributed by atoms with Gasteiger partial charge in [0.15, 0.2) is 0 Å². The van der Waals surface area contributed by atoms with Gasteiger partial charge in [-0.3, -0.25) is 0 Å². The number of benzene rings is 2. The van der Waals surface area contributed by atoms with Crippen LogP contribution in [0.4, 0.5) is 5.69 Å². The molecule has 7 heteroatoms. The Morgan fingerprint density at radius 1 is 1.18 bits per heavy atom. The lowest BCUT2D eigenvalue weighted by Gasteiger charge is -2.00. The third-order valence-electron chi connectivity index (χ3n) is 2.56. The molecule has 0 saturated carbocycles. The number of anilines is 1. The summed E-state index contributed by atoms with van der Waals surface area (Å²) in [5.41, 5.74) is 6.58. The van der Waals surface area contributed by atoms with Crippen LogP contribution >= 0.6 is 23.2 Å². The molecule has 22 heavy (non-hydrogen) atoms. The number of rotatable bonds is 3. The van der Waals surface area contributed by atoms with Crippen LogP contribution in [-0.4, -0.2) is 23.2 Å². The Balaban J connectivity index is 0.000000220. The summed E-state index contributed by atoms with van der Waals surface area (Å²) in [6.07, 6.45) is 0. The molecule has 0 amide bonds. The van der Waals surface area contributed by atoms with Gasteiger partial charge in [-0.25, -0.2) is 4.79 Å². The summed E-state index contributed by atoms with van der Waals surface area (Å²) in [7, 11) is 1.88. The highest BCUT2D eigenvalue weighted by atomic mass is 35.5. The molecule has 5 N–H and O–H groups in total. The van der Waals surface area contributed by atoms with Gasteiger partial charge < -0.3 is 21.3 Å². The fourth-order valence-electron chi connectivity index (χ4n) is 1.65. The fourth-order valence-corrected chi connectivity index (χ4v) is 2.22. The summed E-state index contributed by atoms with van der Waals surface area (Å²) in [5.74, 6) is -1.47. The van der Waals surface area contributed by atoms with Gasteiger partial charge in [-0.1, -0.05) is 23.2 Å². The van der Waals surface area contributed by atoms with Crippen LogP contribution in [-0.2, 0) is 6.54 Å². The molecule has 0 heterocycles. The van der Waals surface area contributed by atoms with E-state index in [1.807, 2.05) is 19.2 Å². The van der Waals surface area contributed by atoms with Crippen LogP contribution in [0.5, 0.6) is 5.75 Å². The quantitative estimate of drug-likeness (QED) is 0.641. The van der Waals surface area contributed by atoms with E-state index in [1.165, 1.54) is 18.2 Å². The van der Waals surface area contributed by atoms with Crippen LogP contribution in [0.1, 0.15) is 15.9 Å². The molecule has 0 aliphatic heterocycles. The van der Waals surface area contributed by atoms with Crippen LogP contribution in [0.15, 0.2) is 36.4 Å². The molecule has 0 bridgehead atoms. The highest BCUT2D eigenvalue weighted by Crippen LogP contribution is 2.19. The second-order valence-corrected chi connectivity index (χ2v) is 5.26. The van der Waals surface area contributed by atoms with E-state index in [0.29, 0.717) is 15.7 Å². The van der Waals surface area contributed by atoms with Crippen LogP contribution in [0.3, 0.4) is 0 Å². The Hall–Kier alpha value is -1.95. The zero-order chi connectivity index (χ0) is 16.7. The number of carbonyl (C=O) groups is 1. The van der Waals surface area contributed by atoms with E-state index in [0.717, 1.165) is 12.1 Å². The molecule has 0 atom stereocenters. The maximum absolute atomic E-state index is 10.3. The maximum Gasteiger partial charge on any atom is 0.339 e. The van der Waals surface area contributed by atoms with Crippen molar-refractivity contribution in [3.63, 3.8) is 0 Å². The van der Waals surface area contributed by atoms with Gasteiger partial charge in [-0.15, -0.1) is 0 Å². The normalized spacial score (nSPS) is 9.77. The fraction of sp³-hybridized carbons (Fsp3) is 0.133. The van der Waals surface area contributed by atoms with Crippen molar-refractivity contribution in [3.05, 3.63) is 57.6 Å². The SMILES string of the molecule is CNCc1cc(Cl)cc(Cl)c1.Nc1ccc(C(=O)O)c(O)c1. The molecule has 2 rings (SSSR count). The number of nitrogen functional groups attached to an aromatic ring is 1. The predicted molar refractivity (Wildman–Crippen MR) is 88.7 cm³/mol. The number of hydrogen-bond acceptors (Lipinski definition) is 4. The number of halogens is 2. The molecule has 0 aliphatic rings. The average Bonchev–Trinajstić information content (AvgIpc) is 2.37. The molecule has 0 aliphatic carbocycles. The molecule has 2 aromatic rings. The molecule has 2 aromatic carbocycles. The highest BCUT2D eigenvalue weighted by molar-refractivity contribution is 6.34. The van der Waals surface area contributed by atoms with E-state index >= 15 is 0 Å². The van der Waals surface area contributed by atoms with Crippen LogP contribution < -0.4 is 11.1 Å². The Morgan fingerprint density at radius 2 is 1.77 bits per heavy atom. The first kappa shape index (κ1) is 18.1. The summed E-state index contributed by atoms with van der Waals surface area (Å²) in [4.78, 5) is 10.3. The molecular formula is C15H16Cl2N2O3. The molecule has 0 aromatic heterocycles. The summed E-state index contributed by atoms with van der Waals surface area (Å²) in [6, 6.07) is 9.38. The third kappa shape index (κ3) is 5.81. The van der Waals surface area contributed by atoms with Gasteiger partial charge in [0.05, 0.1) is 0 Å². The zero-order valence-electron chi connectivity index (χ0n) is 11.8. The largest absolute Gasteiger partial charge is 0.507 e. The number of hydrogen-bond donors (Lipinski definition) is 4. The first-order chi connectivity index (χ1) is 10.3. The van der Waals surface area contributed by atoms with Crippen molar-refractivity contribution in [1.82, 2.24) is 5.32 Å². The van der Waals surface area contributed by atoms with E-state index in [9.17, 15) is 4.79 Å². The molecule has 0 unspecified atom stereocenters. The lowest BCUT2D eigenvalue weighted by Crippen LogP contribution is -2.04. The minimum Gasteiger partial charge on any atom is -0.507 e. The Morgan fingerprint density at radius 3 is 2.23 bits per heavy atom. The molecule has 0 fully saturated rings. The Labute approximate surface area is 138 Å². The first-order valence-corrected chi connectivity index (χ1v) is 7.00. The number of nitrogens with one attached hydrogen (secondary N) is 1. The molecule has 118 valence electrons. The van der Waals surface area contributed by atoms with Gasteiger partial charge in [-0.2, -0.15) is 0 Å². The Kier molecular flexibility index (Phi) is 6.98. The van der Waals surface area contributed by atoms with Crippen molar-refractivity contribution in [2.24, 2.45) is 0 Å². The minimum atomic E-state index is -1.16. The van der Waals surface area contributed by atoms with Crippen LogP contribution in [0.2, 0.25) is 10.0 Å². The van der Waals surface area contributed by atoms with Crippen molar-refractivity contribution < 1.29 is 15.0 Å². The number of carboxylic acids is 1. The average molecular weight is 343 g/mol. The van der Waals surface area contributed by atoms with Crippen molar-refractivity contribution >= 4 is 34.9 Å². The molecule has 0 saturated heterocycles. The summed E-state index contributed by atoms with van der Waals surface area (Å²) >= 11 is 11.5. The van der Waals surface area contributed by atoms with Gasteiger partial charge in [0.2, 0.25) is 0 Å². The van der Waals surface area contributed by atoms with Crippen LogP contribution in [0.25, 0.3) is 0 Å². The van der Waals surface area contributed by atoms with Gasteiger partial charge in [0, 0.05) is 28.3 Å². The Bertz CT molecular complexity index is 643. The van der Waals surface area contributed by atoms with E-state index in [4.69, 9.17) is 39.1 Å². The smallest absolute Gasteiger partial charge is 0.339 e. The lowest BCUT2D eigenvalue weighted by molar-refractivity contribution is 0.0694. The van der Waals surface area contributed by atoms with Gasteiger partial charge in [-0.05, 0) is 42.9 Å². The number of aromatic hydroxyl groups is 1. The number of nitrogens with two attached hydrogens (primary N) is 1. The van der Waals surface area contributed by atoms with Crippen molar-refractivity contribution in [3.8, 4) is 5.75 Å². The topological polar surface area (TPSA) is 95.6 Å². The van der Waals surface area contributed by atoms with Crippen molar-refractivity contribution in [2.45, 2.75) is 6.54 Å². The monoisotopic (exact) mass is 342 g/mol. The molecule has 0 radical (unpaired) electrons. The summed E-state index contributed by atoms with van der Waals surface area (Å²) in [6.45, 7) is 0.792.